The van der Waals surface area contributed by atoms with Gasteiger partial charge in [0, 0.05) is 18.1 Å². The van der Waals surface area contributed by atoms with Gasteiger partial charge < -0.3 is 10.6 Å². The Balaban J connectivity index is 2.45. The van der Waals surface area contributed by atoms with E-state index in [0.29, 0.717) is 10.7 Å². The predicted octanol–water partition coefficient (Wildman–Crippen LogP) is 4.70. The Morgan fingerprint density at radius 3 is 2.29 bits per heavy atom. The second-order valence-electron chi connectivity index (χ2n) is 5.27. The fraction of sp³-hybridized carbons (Fsp3) is 0.294. The highest BCUT2D eigenvalue weighted by molar-refractivity contribution is 6.31. The molecule has 0 aromatic heterocycles. The molecule has 0 heterocycles. The van der Waals surface area contributed by atoms with E-state index in [2.05, 4.69) is 0 Å². The predicted molar refractivity (Wildman–Crippen MR) is 87.3 cm³/mol. The molecule has 2 aromatic carbocycles. The zero-order chi connectivity index (χ0) is 15.6. The lowest BCUT2D eigenvalue weighted by Crippen LogP contribution is -2.25. The van der Waals surface area contributed by atoms with Gasteiger partial charge in [-0.3, -0.25) is 0 Å². The molecule has 0 aliphatic heterocycles. The van der Waals surface area contributed by atoms with Crippen molar-refractivity contribution in [1.82, 2.24) is 0 Å². The zero-order valence-electron chi connectivity index (χ0n) is 12.5. The first kappa shape index (κ1) is 15.8. The summed E-state index contributed by atoms with van der Waals surface area (Å²) >= 11 is 6.25. The SMILES string of the molecule is CC(c1ccccc1Cl)N(C)c1c(F)cccc1[C@H](C)N. The molecule has 21 heavy (non-hydrogen) atoms. The van der Waals surface area contributed by atoms with Crippen LogP contribution in [0, 0.1) is 5.82 Å². The highest BCUT2D eigenvalue weighted by Gasteiger charge is 2.21. The Bertz CT molecular complexity index is 628. The zero-order valence-corrected chi connectivity index (χ0v) is 13.2. The van der Waals surface area contributed by atoms with E-state index in [-0.39, 0.29) is 17.9 Å². The Morgan fingerprint density at radius 1 is 1.05 bits per heavy atom. The molecule has 0 radical (unpaired) electrons. The molecule has 1 unspecified atom stereocenters. The Morgan fingerprint density at radius 2 is 1.67 bits per heavy atom. The van der Waals surface area contributed by atoms with E-state index in [0.717, 1.165) is 11.1 Å². The van der Waals surface area contributed by atoms with Crippen molar-refractivity contribution >= 4 is 17.3 Å². The van der Waals surface area contributed by atoms with E-state index in [1.165, 1.54) is 6.07 Å². The van der Waals surface area contributed by atoms with E-state index in [1.54, 1.807) is 6.07 Å². The van der Waals surface area contributed by atoms with Gasteiger partial charge in [-0.05, 0) is 37.1 Å². The van der Waals surface area contributed by atoms with Gasteiger partial charge in [0.1, 0.15) is 5.82 Å². The van der Waals surface area contributed by atoms with Gasteiger partial charge in [-0.25, -0.2) is 4.39 Å². The van der Waals surface area contributed by atoms with Crippen LogP contribution in [0.15, 0.2) is 42.5 Å². The maximum Gasteiger partial charge on any atom is 0.146 e. The molecule has 4 heteroatoms. The number of hydrogen-bond acceptors (Lipinski definition) is 2. The molecule has 0 saturated heterocycles. The van der Waals surface area contributed by atoms with E-state index in [9.17, 15) is 4.39 Å². The van der Waals surface area contributed by atoms with Crippen molar-refractivity contribution in [3.8, 4) is 0 Å². The van der Waals surface area contributed by atoms with Crippen LogP contribution in [0.4, 0.5) is 10.1 Å². The normalized spacial score (nSPS) is 13.8. The summed E-state index contributed by atoms with van der Waals surface area (Å²) in [5.41, 5.74) is 8.25. The van der Waals surface area contributed by atoms with Gasteiger partial charge in [0.2, 0.25) is 0 Å². The molecule has 2 atom stereocenters. The smallest absolute Gasteiger partial charge is 0.146 e. The second-order valence-corrected chi connectivity index (χ2v) is 5.68. The number of hydrogen-bond donors (Lipinski definition) is 1. The molecule has 0 aliphatic rings. The van der Waals surface area contributed by atoms with Crippen molar-refractivity contribution in [2.24, 2.45) is 5.73 Å². The lowest BCUT2D eigenvalue weighted by molar-refractivity contribution is 0.604. The lowest BCUT2D eigenvalue weighted by atomic mass is 10.0. The average molecular weight is 307 g/mol. The summed E-state index contributed by atoms with van der Waals surface area (Å²) in [6, 6.07) is 12.3. The molecule has 112 valence electrons. The van der Waals surface area contributed by atoms with Crippen molar-refractivity contribution in [2.45, 2.75) is 25.9 Å². The van der Waals surface area contributed by atoms with Crippen molar-refractivity contribution in [2.75, 3.05) is 11.9 Å². The van der Waals surface area contributed by atoms with Crippen molar-refractivity contribution in [3.63, 3.8) is 0 Å². The van der Waals surface area contributed by atoms with E-state index >= 15 is 0 Å². The van der Waals surface area contributed by atoms with Crippen LogP contribution in [0.25, 0.3) is 0 Å². The number of nitrogens with two attached hydrogens (primary N) is 1. The van der Waals surface area contributed by atoms with Crippen molar-refractivity contribution in [1.29, 1.82) is 0 Å². The Labute approximate surface area is 130 Å². The average Bonchev–Trinajstić information content (AvgIpc) is 2.46. The molecule has 0 fully saturated rings. The second kappa shape index (κ2) is 6.46. The number of rotatable bonds is 4. The number of halogens is 2. The third-order valence-corrected chi connectivity index (χ3v) is 4.14. The van der Waals surface area contributed by atoms with Gasteiger partial charge in [0.25, 0.3) is 0 Å². The number of para-hydroxylation sites is 1. The van der Waals surface area contributed by atoms with E-state index in [4.69, 9.17) is 17.3 Å². The Hall–Kier alpha value is -1.58. The van der Waals surface area contributed by atoms with Crippen molar-refractivity contribution < 1.29 is 4.39 Å². The number of anilines is 1. The molecule has 0 bridgehead atoms. The van der Waals surface area contributed by atoms with Crippen LogP contribution in [0.2, 0.25) is 5.02 Å². The molecule has 2 N–H and O–H groups in total. The maximum atomic E-state index is 14.3. The fourth-order valence-corrected chi connectivity index (χ4v) is 2.78. The minimum atomic E-state index is -0.272. The maximum absolute atomic E-state index is 14.3. The van der Waals surface area contributed by atoms with Crippen LogP contribution < -0.4 is 10.6 Å². The van der Waals surface area contributed by atoms with E-state index in [1.807, 2.05) is 56.1 Å². The summed E-state index contributed by atoms with van der Waals surface area (Å²) in [5, 5.41) is 0.676. The van der Waals surface area contributed by atoms with Crippen LogP contribution in [0.3, 0.4) is 0 Å². The van der Waals surface area contributed by atoms with Crippen molar-refractivity contribution in [3.05, 3.63) is 64.4 Å². The largest absolute Gasteiger partial charge is 0.365 e. The molecular formula is C17H20ClFN2. The third-order valence-electron chi connectivity index (χ3n) is 3.80. The quantitative estimate of drug-likeness (QED) is 0.887. The molecular weight excluding hydrogens is 287 g/mol. The summed E-state index contributed by atoms with van der Waals surface area (Å²) in [6.07, 6.45) is 0. The molecule has 2 nitrogen and oxygen atoms in total. The van der Waals surface area contributed by atoms with Gasteiger partial charge in [0.05, 0.1) is 11.7 Å². The van der Waals surface area contributed by atoms with Crippen LogP contribution in [0.5, 0.6) is 0 Å². The first-order valence-electron chi connectivity index (χ1n) is 6.94. The fourth-order valence-electron chi connectivity index (χ4n) is 2.49. The molecule has 2 rings (SSSR count). The topological polar surface area (TPSA) is 29.3 Å². The van der Waals surface area contributed by atoms with E-state index < -0.39 is 0 Å². The highest BCUT2D eigenvalue weighted by Crippen LogP contribution is 2.35. The van der Waals surface area contributed by atoms with Gasteiger partial charge in [-0.15, -0.1) is 0 Å². The van der Waals surface area contributed by atoms with Gasteiger partial charge in [-0.2, -0.15) is 0 Å². The number of nitrogens with zero attached hydrogens (tertiary/aromatic N) is 1. The molecule has 0 aliphatic carbocycles. The third kappa shape index (κ3) is 3.20. The molecule has 0 amide bonds. The molecule has 0 saturated carbocycles. The van der Waals surface area contributed by atoms with Gasteiger partial charge in [-0.1, -0.05) is 41.9 Å². The Kier molecular flexibility index (Phi) is 4.86. The monoisotopic (exact) mass is 306 g/mol. The first-order valence-corrected chi connectivity index (χ1v) is 7.32. The lowest BCUT2D eigenvalue weighted by Gasteiger charge is -2.31. The van der Waals surface area contributed by atoms with Crippen LogP contribution in [-0.4, -0.2) is 7.05 Å². The number of benzene rings is 2. The molecule has 0 spiro atoms. The minimum Gasteiger partial charge on any atom is -0.365 e. The summed E-state index contributed by atoms with van der Waals surface area (Å²) in [4.78, 5) is 1.88. The summed E-state index contributed by atoms with van der Waals surface area (Å²) in [7, 11) is 1.86. The van der Waals surface area contributed by atoms with Crippen LogP contribution in [-0.2, 0) is 0 Å². The molecule has 2 aromatic rings. The van der Waals surface area contributed by atoms with Crippen LogP contribution >= 0.6 is 11.6 Å². The standard InChI is InChI=1S/C17H20ClFN2/c1-11(20)13-8-6-10-16(19)17(13)21(3)12(2)14-7-4-5-9-15(14)18/h4-12H,20H2,1-3H3/t11-,12?/m0/s1. The first-order chi connectivity index (χ1) is 9.93. The summed E-state index contributed by atoms with van der Waals surface area (Å²) in [6.45, 7) is 3.85. The highest BCUT2D eigenvalue weighted by atomic mass is 35.5. The minimum absolute atomic E-state index is 0.0619. The van der Waals surface area contributed by atoms with Gasteiger partial charge >= 0.3 is 0 Å². The van der Waals surface area contributed by atoms with Crippen LogP contribution in [0.1, 0.15) is 37.1 Å². The summed E-state index contributed by atoms with van der Waals surface area (Å²) < 4.78 is 14.3. The van der Waals surface area contributed by atoms with Gasteiger partial charge in [0.15, 0.2) is 0 Å². The summed E-state index contributed by atoms with van der Waals surface area (Å²) in [5.74, 6) is -0.272.